The first-order valence-corrected chi connectivity index (χ1v) is 14.8. The van der Waals surface area contributed by atoms with E-state index in [4.69, 9.17) is 9.83 Å². The van der Waals surface area contributed by atoms with Crippen LogP contribution in [0.3, 0.4) is 0 Å². The van der Waals surface area contributed by atoms with Gasteiger partial charge < -0.3 is 9.73 Å². The fourth-order valence-corrected chi connectivity index (χ4v) is 5.34. The van der Waals surface area contributed by atoms with E-state index in [1.54, 1.807) is 30.5 Å². The smallest absolute Gasteiger partial charge is 0.161 e. The number of nitriles is 1. The Hall–Kier alpha value is -6.58. The third-order valence-corrected chi connectivity index (χ3v) is 7.64. The summed E-state index contributed by atoms with van der Waals surface area (Å²) in [6, 6.07) is 49.2. The van der Waals surface area contributed by atoms with Gasteiger partial charge in [0.1, 0.15) is 11.2 Å². The van der Waals surface area contributed by atoms with Gasteiger partial charge in [0, 0.05) is 45.1 Å². The number of amidine groups is 2. The summed E-state index contributed by atoms with van der Waals surface area (Å²) in [7, 11) is 0. The van der Waals surface area contributed by atoms with Crippen LogP contribution < -0.4 is 5.32 Å². The van der Waals surface area contributed by atoms with Gasteiger partial charge in [-0.15, -0.1) is 0 Å². The number of hydrogen-bond acceptors (Lipinski definition) is 4. The van der Waals surface area contributed by atoms with Gasteiger partial charge in [-0.1, -0.05) is 91.0 Å². The van der Waals surface area contributed by atoms with Crippen molar-refractivity contribution in [1.82, 2.24) is 0 Å². The normalized spacial score (nSPS) is 11.6. The zero-order valence-corrected chi connectivity index (χ0v) is 24.7. The molecule has 6 nitrogen and oxygen atoms in total. The molecule has 0 amide bonds. The molecule has 0 bridgehead atoms. The number of hydrogen-bond donors (Lipinski definition) is 2. The van der Waals surface area contributed by atoms with Crippen LogP contribution in [-0.2, 0) is 0 Å². The molecular formula is C40H27N5O. The number of furan rings is 1. The van der Waals surface area contributed by atoms with Crippen LogP contribution in [0.25, 0.3) is 33.1 Å². The number of fused-ring (bicyclic) bond motifs is 3. The number of nitrogens with one attached hydrogen (secondary N) is 2. The standard InChI is InChI=1S/C40H27N5O/c41-25-28-12-9-15-31(22-28)39(42)45-40(43-26-27-10-3-1-4-11-27)30-18-20-32(21-19-30)44-36-23-35-33-16-7-8-17-37(33)46-38(35)24-34(36)29-13-5-2-6-14-29/h1-24,26,42,44H/b42-39?,43-26+,45-40-. The second-order valence-electron chi connectivity index (χ2n) is 10.7. The topological polar surface area (TPSA) is 97.5 Å². The zero-order valence-electron chi connectivity index (χ0n) is 24.7. The van der Waals surface area contributed by atoms with Gasteiger partial charge in [0.2, 0.25) is 0 Å². The molecule has 0 aliphatic heterocycles. The van der Waals surface area contributed by atoms with Crippen molar-refractivity contribution in [2.45, 2.75) is 0 Å². The lowest BCUT2D eigenvalue weighted by Gasteiger charge is -2.14. The molecule has 0 aliphatic rings. The van der Waals surface area contributed by atoms with Crippen molar-refractivity contribution >= 4 is 51.2 Å². The molecule has 0 saturated heterocycles. The Balaban J connectivity index is 1.25. The molecule has 6 heteroatoms. The van der Waals surface area contributed by atoms with Gasteiger partial charge in [0.05, 0.1) is 11.6 Å². The van der Waals surface area contributed by atoms with Gasteiger partial charge in [0.15, 0.2) is 11.7 Å². The molecule has 0 saturated carbocycles. The summed E-state index contributed by atoms with van der Waals surface area (Å²) in [5.41, 5.74) is 8.31. The molecule has 0 atom stereocenters. The van der Waals surface area contributed by atoms with Gasteiger partial charge in [-0.2, -0.15) is 5.26 Å². The van der Waals surface area contributed by atoms with Gasteiger partial charge in [-0.3, -0.25) is 5.41 Å². The van der Waals surface area contributed by atoms with Crippen LogP contribution in [0.2, 0.25) is 0 Å². The highest BCUT2D eigenvalue weighted by atomic mass is 16.3. The zero-order chi connectivity index (χ0) is 31.3. The molecule has 46 heavy (non-hydrogen) atoms. The van der Waals surface area contributed by atoms with E-state index in [1.165, 1.54) is 0 Å². The summed E-state index contributed by atoms with van der Waals surface area (Å²) in [6.07, 6.45) is 1.74. The third kappa shape index (κ3) is 5.94. The third-order valence-electron chi connectivity index (χ3n) is 7.64. The van der Waals surface area contributed by atoms with Crippen LogP contribution in [0.4, 0.5) is 11.4 Å². The maximum absolute atomic E-state index is 9.32. The van der Waals surface area contributed by atoms with Crippen LogP contribution in [-0.4, -0.2) is 17.9 Å². The highest BCUT2D eigenvalue weighted by Crippen LogP contribution is 2.38. The van der Waals surface area contributed by atoms with Crippen LogP contribution in [0.15, 0.2) is 160 Å². The molecule has 6 aromatic carbocycles. The van der Waals surface area contributed by atoms with Crippen LogP contribution in [0.1, 0.15) is 22.3 Å². The van der Waals surface area contributed by atoms with Crippen LogP contribution >= 0.6 is 0 Å². The fourth-order valence-electron chi connectivity index (χ4n) is 5.34. The lowest BCUT2D eigenvalue weighted by molar-refractivity contribution is 0.669. The SMILES string of the molecule is N#Cc1cccc(C(=N)/N=C(\N=C\c2ccccc2)c2ccc(Nc3cc4c(cc3-c3ccccc3)oc3ccccc34)cc2)c1. The van der Waals surface area contributed by atoms with Crippen molar-refractivity contribution in [2.24, 2.45) is 9.98 Å². The Bertz CT molecular complexity index is 2290. The first-order valence-electron chi connectivity index (χ1n) is 14.8. The summed E-state index contributed by atoms with van der Waals surface area (Å²) >= 11 is 0. The van der Waals surface area contributed by atoms with Crippen molar-refractivity contribution in [3.05, 3.63) is 168 Å². The number of anilines is 2. The van der Waals surface area contributed by atoms with Gasteiger partial charge in [0.25, 0.3) is 0 Å². The van der Waals surface area contributed by atoms with Gasteiger partial charge >= 0.3 is 0 Å². The monoisotopic (exact) mass is 593 g/mol. The number of aliphatic imine (C=N–C) groups is 2. The molecule has 7 aromatic rings. The number of nitrogens with zero attached hydrogens (tertiary/aromatic N) is 3. The number of para-hydroxylation sites is 1. The van der Waals surface area contributed by atoms with E-state index in [-0.39, 0.29) is 5.84 Å². The Labute approximate surface area is 266 Å². The molecule has 7 rings (SSSR count). The molecule has 1 aromatic heterocycles. The van der Waals surface area contributed by atoms with Crippen molar-refractivity contribution in [3.63, 3.8) is 0 Å². The largest absolute Gasteiger partial charge is 0.456 e. The number of rotatable bonds is 6. The quantitative estimate of drug-likeness (QED) is 0.148. The average molecular weight is 594 g/mol. The fraction of sp³-hybridized carbons (Fsp3) is 0. The first kappa shape index (κ1) is 28.2. The second-order valence-corrected chi connectivity index (χ2v) is 10.7. The lowest BCUT2D eigenvalue weighted by Crippen LogP contribution is -2.05. The highest BCUT2D eigenvalue weighted by Gasteiger charge is 2.14. The van der Waals surface area contributed by atoms with E-state index in [0.717, 1.165) is 55.6 Å². The molecule has 2 N–H and O–H groups in total. The molecule has 0 aliphatic carbocycles. The number of benzene rings is 6. The molecular weight excluding hydrogens is 566 g/mol. The van der Waals surface area contributed by atoms with E-state index in [2.05, 4.69) is 51.7 Å². The van der Waals surface area contributed by atoms with Crippen molar-refractivity contribution in [3.8, 4) is 17.2 Å². The molecule has 0 unspecified atom stereocenters. The van der Waals surface area contributed by atoms with Crippen LogP contribution in [0.5, 0.6) is 0 Å². The minimum Gasteiger partial charge on any atom is -0.456 e. The first-order chi connectivity index (χ1) is 22.6. The minimum atomic E-state index is 0.0210. The molecule has 1 heterocycles. The van der Waals surface area contributed by atoms with E-state index in [1.807, 2.05) is 91.0 Å². The second kappa shape index (κ2) is 12.6. The van der Waals surface area contributed by atoms with E-state index >= 15 is 0 Å². The average Bonchev–Trinajstić information content (AvgIpc) is 3.48. The van der Waals surface area contributed by atoms with Crippen LogP contribution in [0, 0.1) is 16.7 Å². The van der Waals surface area contributed by atoms with E-state index in [9.17, 15) is 5.26 Å². The van der Waals surface area contributed by atoms with E-state index in [0.29, 0.717) is 17.0 Å². The van der Waals surface area contributed by atoms with Crippen molar-refractivity contribution < 1.29 is 4.42 Å². The molecule has 0 radical (unpaired) electrons. The van der Waals surface area contributed by atoms with E-state index < -0.39 is 0 Å². The maximum atomic E-state index is 9.32. The molecule has 218 valence electrons. The Kier molecular flexibility index (Phi) is 7.71. The summed E-state index contributed by atoms with van der Waals surface area (Å²) in [5, 5.41) is 23.7. The van der Waals surface area contributed by atoms with Gasteiger partial charge in [-0.25, -0.2) is 9.98 Å². The summed E-state index contributed by atoms with van der Waals surface area (Å²) < 4.78 is 6.21. The minimum absolute atomic E-state index is 0.0210. The van der Waals surface area contributed by atoms with Crippen molar-refractivity contribution in [1.29, 1.82) is 10.7 Å². The predicted octanol–water partition coefficient (Wildman–Crippen LogP) is 9.76. The highest BCUT2D eigenvalue weighted by molar-refractivity contribution is 6.13. The Morgan fingerprint density at radius 1 is 0.696 bits per heavy atom. The summed E-state index contributed by atoms with van der Waals surface area (Å²) in [6.45, 7) is 0. The summed E-state index contributed by atoms with van der Waals surface area (Å²) in [5.74, 6) is 0.409. The Morgan fingerprint density at radius 2 is 1.43 bits per heavy atom. The van der Waals surface area contributed by atoms with Crippen molar-refractivity contribution in [2.75, 3.05) is 5.32 Å². The van der Waals surface area contributed by atoms with Gasteiger partial charge in [-0.05, 0) is 65.7 Å². The molecule has 0 fully saturated rings. The Morgan fingerprint density at radius 3 is 2.22 bits per heavy atom. The predicted molar refractivity (Wildman–Crippen MR) is 187 cm³/mol. The summed E-state index contributed by atoms with van der Waals surface area (Å²) in [4.78, 5) is 9.28. The maximum Gasteiger partial charge on any atom is 0.161 e. The molecule has 0 spiro atoms. The lowest BCUT2D eigenvalue weighted by atomic mass is 10.0.